The predicted molar refractivity (Wildman–Crippen MR) is 134 cm³/mol. The molecule has 2 aliphatic carbocycles. The second-order valence-corrected chi connectivity index (χ2v) is 11.5. The van der Waals surface area contributed by atoms with E-state index in [0.29, 0.717) is 22.8 Å². The summed E-state index contributed by atoms with van der Waals surface area (Å²) in [6, 6.07) is 15.2. The van der Waals surface area contributed by atoms with Gasteiger partial charge in [-0.1, -0.05) is 29.5 Å². The summed E-state index contributed by atoms with van der Waals surface area (Å²) in [6.45, 7) is -0.0825. The summed E-state index contributed by atoms with van der Waals surface area (Å²) in [6.07, 6.45) is 3.84. The molecule has 1 aliphatic heterocycles. The zero-order chi connectivity index (χ0) is 23.2. The number of anilines is 1. The standard InChI is InChI=1S/C26H26N2O4S2/c1-31-17-10-8-16(9-11-17)27-20(29)13-32-19-5-3-2-4-18(19)22-21-14-6-7-15(12-14)23(21)33-25-24(22)34-26(30)28-25/h2-5,8-11,14-15,21-23H,6-7,12-13H2,1H3,(H,27,29)(H,28,30)/t14-,15-,21-,22-,23-/m1/s1. The van der Waals surface area contributed by atoms with Crippen LogP contribution in [0.3, 0.4) is 0 Å². The zero-order valence-electron chi connectivity index (χ0n) is 18.8. The number of aromatic nitrogens is 1. The maximum Gasteiger partial charge on any atom is 0.305 e. The first-order valence-corrected chi connectivity index (χ1v) is 13.4. The lowest BCUT2D eigenvalue weighted by Gasteiger charge is -2.40. The van der Waals surface area contributed by atoms with Crippen molar-refractivity contribution >= 4 is 34.7 Å². The van der Waals surface area contributed by atoms with Crippen LogP contribution in [0.15, 0.2) is 58.4 Å². The van der Waals surface area contributed by atoms with Gasteiger partial charge >= 0.3 is 4.87 Å². The van der Waals surface area contributed by atoms with Crippen LogP contribution in [0.25, 0.3) is 0 Å². The highest BCUT2D eigenvalue weighted by molar-refractivity contribution is 8.00. The van der Waals surface area contributed by atoms with Gasteiger partial charge in [0, 0.05) is 27.3 Å². The molecule has 0 radical (unpaired) electrons. The van der Waals surface area contributed by atoms with Gasteiger partial charge < -0.3 is 19.8 Å². The molecule has 6 nitrogen and oxygen atoms in total. The van der Waals surface area contributed by atoms with Gasteiger partial charge in [0.2, 0.25) is 0 Å². The molecular formula is C26H26N2O4S2. The maximum absolute atomic E-state index is 12.6. The fourth-order valence-corrected chi connectivity index (χ4v) is 8.97. The van der Waals surface area contributed by atoms with Gasteiger partial charge in [-0.25, -0.2) is 0 Å². The van der Waals surface area contributed by atoms with Gasteiger partial charge in [-0.3, -0.25) is 9.59 Å². The Labute approximate surface area is 206 Å². The highest BCUT2D eigenvalue weighted by atomic mass is 32.2. The normalized spacial score (nSPS) is 26.6. The number of hydrogen-bond acceptors (Lipinski definition) is 6. The van der Waals surface area contributed by atoms with Crippen molar-refractivity contribution in [3.05, 3.63) is 68.6 Å². The van der Waals surface area contributed by atoms with E-state index in [4.69, 9.17) is 9.47 Å². The molecule has 2 N–H and O–H groups in total. The van der Waals surface area contributed by atoms with Crippen LogP contribution < -0.4 is 19.7 Å². The molecule has 3 aliphatic rings. The third-order valence-corrected chi connectivity index (χ3v) is 10.1. The van der Waals surface area contributed by atoms with E-state index < -0.39 is 0 Å². The van der Waals surface area contributed by atoms with E-state index in [1.54, 1.807) is 31.4 Å². The lowest BCUT2D eigenvalue weighted by molar-refractivity contribution is -0.118. The van der Waals surface area contributed by atoms with Crippen molar-refractivity contribution in [3.8, 4) is 11.5 Å². The summed E-state index contributed by atoms with van der Waals surface area (Å²) in [4.78, 5) is 29.1. The molecule has 1 aromatic heterocycles. The molecular weight excluding hydrogens is 468 g/mol. The fraction of sp³-hybridized carbons (Fsp3) is 0.385. The Morgan fingerprint density at radius 1 is 1.12 bits per heavy atom. The molecule has 0 spiro atoms. The minimum absolute atomic E-state index is 0.00656. The average molecular weight is 495 g/mol. The molecule has 8 heteroatoms. The van der Waals surface area contributed by atoms with Gasteiger partial charge in [0.15, 0.2) is 6.61 Å². The average Bonchev–Trinajstić information content (AvgIpc) is 3.56. The van der Waals surface area contributed by atoms with Crippen molar-refractivity contribution in [1.29, 1.82) is 0 Å². The van der Waals surface area contributed by atoms with Crippen LogP contribution in [0.1, 0.15) is 35.6 Å². The summed E-state index contributed by atoms with van der Waals surface area (Å²) in [5, 5.41) is 4.44. The van der Waals surface area contributed by atoms with Gasteiger partial charge in [0.05, 0.1) is 12.1 Å². The van der Waals surface area contributed by atoms with Gasteiger partial charge in [-0.15, -0.1) is 11.8 Å². The van der Waals surface area contributed by atoms with Crippen molar-refractivity contribution in [2.24, 2.45) is 17.8 Å². The summed E-state index contributed by atoms with van der Waals surface area (Å²) in [5.41, 5.74) is 1.78. The van der Waals surface area contributed by atoms with Crippen LogP contribution in [0, 0.1) is 17.8 Å². The quantitative estimate of drug-likeness (QED) is 0.498. The number of hydrogen-bond donors (Lipinski definition) is 2. The number of benzene rings is 2. The van der Waals surface area contributed by atoms with E-state index in [-0.39, 0.29) is 23.3 Å². The molecule has 2 saturated carbocycles. The van der Waals surface area contributed by atoms with Crippen LogP contribution in [0.5, 0.6) is 11.5 Å². The Balaban J connectivity index is 1.25. The second kappa shape index (κ2) is 8.82. The molecule has 2 aromatic carbocycles. The highest BCUT2D eigenvalue weighted by Gasteiger charge is 2.55. The van der Waals surface area contributed by atoms with Crippen LogP contribution in [0.4, 0.5) is 5.69 Å². The minimum Gasteiger partial charge on any atom is -0.497 e. The second-order valence-electron chi connectivity index (χ2n) is 9.28. The topological polar surface area (TPSA) is 80.4 Å². The lowest BCUT2D eigenvalue weighted by atomic mass is 9.74. The van der Waals surface area contributed by atoms with E-state index in [1.165, 1.54) is 30.6 Å². The Morgan fingerprint density at radius 3 is 2.74 bits per heavy atom. The Morgan fingerprint density at radius 2 is 1.91 bits per heavy atom. The Bertz CT molecular complexity index is 1270. The van der Waals surface area contributed by atoms with Crippen molar-refractivity contribution < 1.29 is 14.3 Å². The summed E-state index contributed by atoms with van der Waals surface area (Å²) < 4.78 is 11.3. The first-order valence-electron chi connectivity index (χ1n) is 11.7. The number of fused-ring (bicyclic) bond motifs is 6. The van der Waals surface area contributed by atoms with Crippen molar-refractivity contribution in [2.45, 2.75) is 35.5 Å². The molecule has 3 aromatic rings. The third kappa shape index (κ3) is 3.82. The van der Waals surface area contributed by atoms with E-state index >= 15 is 0 Å². The molecule has 2 fully saturated rings. The van der Waals surface area contributed by atoms with Crippen molar-refractivity contribution in [2.75, 3.05) is 19.0 Å². The van der Waals surface area contributed by atoms with E-state index in [2.05, 4.69) is 16.4 Å². The van der Waals surface area contributed by atoms with E-state index in [0.717, 1.165) is 32.9 Å². The number of thiazole rings is 1. The number of H-pyrrole nitrogens is 1. The molecule has 0 saturated heterocycles. The number of nitrogens with one attached hydrogen (secondary N) is 2. The summed E-state index contributed by atoms with van der Waals surface area (Å²) in [7, 11) is 1.61. The smallest absolute Gasteiger partial charge is 0.305 e. The van der Waals surface area contributed by atoms with E-state index in [9.17, 15) is 9.59 Å². The first kappa shape index (κ1) is 21.8. The van der Waals surface area contributed by atoms with Gasteiger partial charge in [0.1, 0.15) is 11.5 Å². The molecule has 5 atom stereocenters. The highest BCUT2D eigenvalue weighted by Crippen LogP contribution is 2.64. The molecule has 2 bridgehead atoms. The van der Waals surface area contributed by atoms with Crippen LogP contribution in [-0.2, 0) is 4.79 Å². The van der Waals surface area contributed by atoms with Crippen LogP contribution in [-0.4, -0.2) is 29.9 Å². The third-order valence-electron chi connectivity index (χ3n) is 7.45. The van der Waals surface area contributed by atoms with Crippen LogP contribution in [0.2, 0.25) is 0 Å². The molecule has 1 amide bonds. The molecule has 6 rings (SSSR count). The predicted octanol–water partition coefficient (Wildman–Crippen LogP) is 5.11. The number of thioether (sulfide) groups is 1. The first-order chi connectivity index (χ1) is 16.6. The molecule has 2 heterocycles. The fourth-order valence-electron chi connectivity index (χ4n) is 6.08. The Hall–Kier alpha value is -2.71. The van der Waals surface area contributed by atoms with E-state index in [1.807, 2.05) is 30.0 Å². The number of para-hydroxylation sites is 1. The molecule has 34 heavy (non-hydrogen) atoms. The Kier molecular flexibility index (Phi) is 5.65. The summed E-state index contributed by atoms with van der Waals surface area (Å²) >= 11 is 3.21. The largest absolute Gasteiger partial charge is 0.497 e. The maximum atomic E-state index is 12.6. The molecule has 0 unspecified atom stereocenters. The monoisotopic (exact) mass is 494 g/mol. The van der Waals surface area contributed by atoms with Gasteiger partial charge in [-0.2, -0.15) is 0 Å². The number of ether oxygens (including phenoxy) is 2. The number of aromatic amines is 1. The summed E-state index contributed by atoms with van der Waals surface area (Å²) in [5.74, 6) is 3.27. The van der Waals surface area contributed by atoms with Crippen molar-refractivity contribution in [1.82, 2.24) is 4.98 Å². The number of amides is 1. The number of carbonyl (C=O) groups is 1. The SMILES string of the molecule is COc1ccc(NC(=O)COc2ccccc2[C@H]2c3sc(=O)[nH]c3S[C@@H]3[C@@H]4CC[C@H](C4)[C@H]23)cc1. The number of carbonyl (C=O) groups excluding carboxylic acids is 1. The van der Waals surface area contributed by atoms with Gasteiger partial charge in [-0.05, 0) is 67.3 Å². The van der Waals surface area contributed by atoms with Gasteiger partial charge in [0.25, 0.3) is 5.91 Å². The minimum atomic E-state index is -0.219. The van der Waals surface area contributed by atoms with Crippen molar-refractivity contribution in [3.63, 3.8) is 0 Å². The van der Waals surface area contributed by atoms with Crippen LogP contribution >= 0.6 is 23.1 Å². The number of rotatable bonds is 6. The zero-order valence-corrected chi connectivity index (χ0v) is 20.4. The molecule has 176 valence electrons. The lowest BCUT2D eigenvalue weighted by Crippen LogP contribution is -2.34. The number of methoxy groups -OCH3 is 1.